The van der Waals surface area contributed by atoms with Crippen molar-refractivity contribution in [2.45, 2.75) is 37.5 Å². The highest BCUT2D eigenvalue weighted by Gasteiger charge is 2.32. The summed E-state index contributed by atoms with van der Waals surface area (Å²) in [4.78, 5) is 14.9. The summed E-state index contributed by atoms with van der Waals surface area (Å²) in [5.41, 5.74) is 2.02. The Kier molecular flexibility index (Phi) is 5.62. The first-order valence-corrected chi connectivity index (χ1v) is 10.5. The van der Waals surface area contributed by atoms with Crippen LogP contribution < -0.4 is 4.74 Å². The zero-order valence-corrected chi connectivity index (χ0v) is 17.6. The van der Waals surface area contributed by atoms with Gasteiger partial charge >= 0.3 is 0 Å². The van der Waals surface area contributed by atoms with E-state index in [1.165, 1.54) is 11.8 Å². The topological polar surface area (TPSA) is 73.4 Å². The number of amides is 1. The van der Waals surface area contributed by atoms with E-state index >= 15 is 0 Å². The lowest BCUT2D eigenvalue weighted by Crippen LogP contribution is -2.34. The molecule has 0 N–H and O–H groups in total. The molecule has 2 aromatic heterocycles. The molecule has 0 spiro atoms. The van der Waals surface area contributed by atoms with Crippen LogP contribution in [-0.4, -0.2) is 44.5 Å². The Morgan fingerprint density at radius 1 is 1.28 bits per heavy atom. The maximum Gasteiger partial charge on any atom is 0.233 e. The first-order chi connectivity index (χ1) is 14.1. The van der Waals surface area contributed by atoms with Crippen LogP contribution in [-0.2, 0) is 18.4 Å². The fourth-order valence-electron chi connectivity index (χ4n) is 3.24. The third-order valence-electron chi connectivity index (χ3n) is 5.08. The molecule has 1 saturated carbocycles. The monoisotopic (exact) mass is 412 g/mol. The van der Waals surface area contributed by atoms with E-state index in [0.717, 1.165) is 41.3 Å². The van der Waals surface area contributed by atoms with Crippen molar-refractivity contribution in [1.82, 2.24) is 19.7 Å². The summed E-state index contributed by atoms with van der Waals surface area (Å²) in [5.74, 6) is 2.82. The largest absolute Gasteiger partial charge is 0.497 e. The number of aromatic nitrogens is 3. The molecule has 29 heavy (non-hydrogen) atoms. The number of nitrogens with zero attached hydrogens (tertiary/aromatic N) is 4. The Morgan fingerprint density at radius 2 is 2.03 bits per heavy atom. The van der Waals surface area contributed by atoms with Crippen LogP contribution in [0.4, 0.5) is 0 Å². The lowest BCUT2D eigenvalue weighted by atomic mass is 10.2. The van der Waals surface area contributed by atoms with Gasteiger partial charge < -0.3 is 18.6 Å². The number of hydrogen-bond donors (Lipinski definition) is 0. The smallest absolute Gasteiger partial charge is 0.233 e. The third kappa shape index (κ3) is 4.32. The maximum atomic E-state index is 12.9. The van der Waals surface area contributed by atoms with Gasteiger partial charge in [-0.05, 0) is 43.5 Å². The van der Waals surface area contributed by atoms with Gasteiger partial charge in [-0.3, -0.25) is 4.79 Å². The van der Waals surface area contributed by atoms with Crippen LogP contribution in [0.15, 0.2) is 46.2 Å². The number of rotatable bonds is 8. The molecule has 1 aromatic carbocycles. The Morgan fingerprint density at radius 3 is 2.66 bits per heavy atom. The first kappa shape index (κ1) is 19.6. The number of ether oxygens (including phenoxy) is 1. The van der Waals surface area contributed by atoms with E-state index < -0.39 is 0 Å². The first-order valence-electron chi connectivity index (χ1n) is 9.56. The van der Waals surface area contributed by atoms with Crippen molar-refractivity contribution in [3.63, 3.8) is 0 Å². The minimum Gasteiger partial charge on any atom is -0.497 e. The van der Waals surface area contributed by atoms with Crippen LogP contribution in [0.25, 0.3) is 11.4 Å². The lowest BCUT2D eigenvalue weighted by Gasteiger charge is -2.22. The van der Waals surface area contributed by atoms with Crippen molar-refractivity contribution < 1.29 is 13.9 Å². The Hall–Kier alpha value is -2.74. The second kappa shape index (κ2) is 8.32. The van der Waals surface area contributed by atoms with Gasteiger partial charge in [-0.2, -0.15) is 0 Å². The minimum atomic E-state index is 0.123. The molecule has 2 heterocycles. The number of furan rings is 1. The molecule has 0 bridgehead atoms. The third-order valence-corrected chi connectivity index (χ3v) is 6.08. The van der Waals surface area contributed by atoms with Gasteiger partial charge in [-0.1, -0.05) is 23.9 Å². The summed E-state index contributed by atoms with van der Waals surface area (Å²) in [6, 6.07) is 10.1. The molecule has 1 aliphatic rings. The molecule has 0 atom stereocenters. The number of carbonyl (C=O) groups is 1. The van der Waals surface area contributed by atoms with Crippen LogP contribution in [0, 0.1) is 6.92 Å². The molecular weight excluding hydrogens is 388 g/mol. The van der Waals surface area contributed by atoms with Gasteiger partial charge in [0.05, 0.1) is 24.7 Å². The predicted octanol–water partition coefficient (Wildman–Crippen LogP) is 3.68. The van der Waals surface area contributed by atoms with Crippen molar-refractivity contribution in [2.75, 3.05) is 12.9 Å². The molecule has 0 aliphatic heterocycles. The van der Waals surface area contributed by atoms with Crippen LogP contribution in [0.5, 0.6) is 5.75 Å². The van der Waals surface area contributed by atoms with Crippen molar-refractivity contribution in [3.8, 4) is 17.1 Å². The molecule has 0 unspecified atom stereocenters. The van der Waals surface area contributed by atoms with Gasteiger partial charge in [0.15, 0.2) is 11.0 Å². The van der Waals surface area contributed by atoms with Gasteiger partial charge in [0.2, 0.25) is 5.91 Å². The van der Waals surface area contributed by atoms with E-state index in [2.05, 4.69) is 10.2 Å². The second-order valence-corrected chi connectivity index (χ2v) is 8.09. The van der Waals surface area contributed by atoms with Gasteiger partial charge in [-0.15, -0.1) is 10.2 Å². The number of benzene rings is 1. The van der Waals surface area contributed by atoms with Crippen molar-refractivity contribution in [2.24, 2.45) is 7.05 Å². The van der Waals surface area contributed by atoms with E-state index in [4.69, 9.17) is 9.15 Å². The Bertz CT molecular complexity index is 992. The quantitative estimate of drug-likeness (QED) is 0.526. The normalized spacial score (nSPS) is 13.5. The molecule has 1 aliphatic carbocycles. The summed E-state index contributed by atoms with van der Waals surface area (Å²) in [5, 5.41) is 9.24. The van der Waals surface area contributed by atoms with Crippen LogP contribution in [0.3, 0.4) is 0 Å². The van der Waals surface area contributed by atoms with E-state index in [-0.39, 0.29) is 5.91 Å². The van der Waals surface area contributed by atoms with Crippen molar-refractivity contribution >= 4 is 17.7 Å². The van der Waals surface area contributed by atoms with Gasteiger partial charge in [-0.25, -0.2) is 0 Å². The summed E-state index contributed by atoms with van der Waals surface area (Å²) >= 11 is 1.42. The summed E-state index contributed by atoms with van der Waals surface area (Å²) in [6.07, 6.45) is 3.78. The fraction of sp³-hybridized carbons (Fsp3) is 0.381. The average Bonchev–Trinajstić information content (AvgIpc) is 3.39. The number of aryl methyl sites for hydroxylation is 1. The van der Waals surface area contributed by atoms with E-state index in [9.17, 15) is 4.79 Å². The molecule has 1 fully saturated rings. The average molecular weight is 413 g/mol. The van der Waals surface area contributed by atoms with Crippen LogP contribution >= 0.6 is 11.8 Å². The minimum absolute atomic E-state index is 0.123. The Balaban J connectivity index is 1.41. The highest BCUT2D eigenvalue weighted by molar-refractivity contribution is 7.99. The van der Waals surface area contributed by atoms with Crippen molar-refractivity contribution in [3.05, 3.63) is 47.9 Å². The van der Waals surface area contributed by atoms with E-state index in [1.807, 2.05) is 53.8 Å². The number of thioether (sulfide) groups is 1. The highest BCUT2D eigenvalue weighted by atomic mass is 32.2. The Labute approximate surface area is 174 Å². The van der Waals surface area contributed by atoms with Crippen LogP contribution in [0.2, 0.25) is 0 Å². The molecule has 7 nitrogen and oxygen atoms in total. The van der Waals surface area contributed by atoms with E-state index in [1.54, 1.807) is 13.4 Å². The number of methoxy groups -OCH3 is 1. The van der Waals surface area contributed by atoms with Gasteiger partial charge in [0.1, 0.15) is 11.5 Å². The molecule has 8 heteroatoms. The summed E-state index contributed by atoms with van der Waals surface area (Å²) < 4.78 is 12.5. The zero-order valence-electron chi connectivity index (χ0n) is 16.8. The predicted molar refractivity (Wildman–Crippen MR) is 111 cm³/mol. The molecule has 152 valence electrons. The van der Waals surface area contributed by atoms with Crippen molar-refractivity contribution in [1.29, 1.82) is 0 Å². The molecular formula is C21H24N4O3S. The van der Waals surface area contributed by atoms with Gasteiger partial charge in [0, 0.05) is 19.6 Å². The SMILES string of the molecule is COc1ccc(CN(C(=O)CSc2nnc(-c3ccoc3C)n2C)C2CC2)cc1. The standard InChI is InChI=1S/C21H24N4O3S/c1-14-18(10-11-28-14)20-22-23-21(24(20)2)29-13-19(26)25(16-6-7-16)12-15-4-8-17(27-3)9-5-15/h4-5,8-11,16H,6-7,12-13H2,1-3H3. The zero-order chi connectivity index (χ0) is 20.4. The fourth-order valence-corrected chi connectivity index (χ4v) is 4.03. The van der Waals surface area contributed by atoms with E-state index in [0.29, 0.717) is 23.5 Å². The summed E-state index contributed by atoms with van der Waals surface area (Å²) in [7, 11) is 3.56. The molecule has 0 radical (unpaired) electrons. The summed E-state index contributed by atoms with van der Waals surface area (Å²) in [6.45, 7) is 2.51. The number of carbonyl (C=O) groups excluding carboxylic acids is 1. The maximum absolute atomic E-state index is 12.9. The molecule has 1 amide bonds. The number of hydrogen-bond acceptors (Lipinski definition) is 6. The molecule has 4 rings (SSSR count). The van der Waals surface area contributed by atoms with Gasteiger partial charge in [0.25, 0.3) is 0 Å². The second-order valence-electron chi connectivity index (χ2n) is 7.15. The highest BCUT2D eigenvalue weighted by Crippen LogP contribution is 2.31. The molecule has 0 saturated heterocycles. The molecule has 3 aromatic rings. The lowest BCUT2D eigenvalue weighted by molar-refractivity contribution is -0.129. The van der Waals surface area contributed by atoms with Crippen LogP contribution in [0.1, 0.15) is 24.2 Å².